The number of hydrogen-bond acceptors (Lipinski definition) is 6. The Morgan fingerprint density at radius 2 is 1.68 bits per heavy atom. The molecule has 1 N–H and O–H groups in total. The van der Waals surface area contributed by atoms with E-state index in [2.05, 4.69) is 10.2 Å². The summed E-state index contributed by atoms with van der Waals surface area (Å²) < 4.78 is 32.0. The van der Waals surface area contributed by atoms with Gasteiger partial charge in [0.25, 0.3) is 5.91 Å². The Balaban J connectivity index is 1.43. The average molecular weight is 482 g/mol. The molecule has 2 aliphatic rings. The summed E-state index contributed by atoms with van der Waals surface area (Å²) in [6, 6.07) is 11.5. The molecule has 0 unspecified atom stereocenters. The van der Waals surface area contributed by atoms with Gasteiger partial charge in [-0.3, -0.25) is 4.79 Å². The second-order valence-electron chi connectivity index (χ2n) is 7.26. The zero-order valence-electron chi connectivity index (χ0n) is 16.9. The van der Waals surface area contributed by atoms with E-state index in [1.807, 2.05) is 23.9 Å². The van der Waals surface area contributed by atoms with Crippen molar-refractivity contribution in [2.75, 3.05) is 61.1 Å². The third-order valence-corrected chi connectivity index (χ3v) is 8.44. The summed E-state index contributed by atoms with van der Waals surface area (Å²) in [6.07, 6.45) is 0. The van der Waals surface area contributed by atoms with Crippen LogP contribution in [0.1, 0.15) is 10.4 Å². The Morgan fingerprint density at radius 1 is 1.00 bits per heavy atom. The Morgan fingerprint density at radius 3 is 2.32 bits per heavy atom. The van der Waals surface area contributed by atoms with Gasteiger partial charge in [0.15, 0.2) is 0 Å². The third kappa shape index (κ3) is 5.18. The maximum atomic E-state index is 12.7. The molecule has 2 fully saturated rings. The number of thioether (sulfide) groups is 1. The van der Waals surface area contributed by atoms with Crippen molar-refractivity contribution in [2.45, 2.75) is 4.90 Å². The molecule has 31 heavy (non-hydrogen) atoms. The molecule has 166 valence electrons. The van der Waals surface area contributed by atoms with E-state index in [0.29, 0.717) is 42.6 Å². The van der Waals surface area contributed by atoms with Gasteiger partial charge in [0.05, 0.1) is 28.8 Å². The molecule has 2 aromatic rings. The zero-order valence-corrected chi connectivity index (χ0v) is 19.3. The number of hydrogen-bond donors (Lipinski definition) is 1. The summed E-state index contributed by atoms with van der Waals surface area (Å²) in [7, 11) is -3.59. The molecule has 4 rings (SSSR count). The molecule has 0 saturated carbocycles. The topological polar surface area (TPSA) is 79.0 Å². The molecule has 0 aromatic heterocycles. The number of rotatable bonds is 5. The van der Waals surface area contributed by atoms with Gasteiger partial charge in [0.1, 0.15) is 0 Å². The molecule has 0 bridgehead atoms. The molecular formula is C21H24ClN3O4S2. The number of halogens is 1. The second-order valence-corrected chi connectivity index (χ2v) is 10.8. The van der Waals surface area contributed by atoms with Crippen molar-refractivity contribution in [3.63, 3.8) is 0 Å². The predicted octanol–water partition coefficient (Wildman–Crippen LogP) is 3.17. The summed E-state index contributed by atoms with van der Waals surface area (Å²) in [5, 5.41) is 3.42. The van der Waals surface area contributed by atoms with E-state index >= 15 is 0 Å². The van der Waals surface area contributed by atoms with E-state index in [1.54, 1.807) is 6.07 Å². The minimum atomic E-state index is -3.59. The minimum absolute atomic E-state index is 0.165. The van der Waals surface area contributed by atoms with Gasteiger partial charge >= 0.3 is 0 Å². The molecular weight excluding hydrogens is 458 g/mol. The standard InChI is InChI=1S/C21H24ClN3O4S2/c22-19-15-17(3-6-20(19)24-9-13-30-14-10-24)23-21(26)16-1-4-18(5-2-16)31(27,28)25-7-11-29-12-8-25/h1-6,15H,7-14H2,(H,23,26). The lowest BCUT2D eigenvalue weighted by Gasteiger charge is -2.29. The number of carbonyl (C=O) groups is 1. The van der Waals surface area contributed by atoms with Crippen molar-refractivity contribution in [1.82, 2.24) is 4.31 Å². The van der Waals surface area contributed by atoms with Gasteiger partial charge < -0.3 is 15.0 Å². The van der Waals surface area contributed by atoms with Crippen LogP contribution in [0.25, 0.3) is 0 Å². The van der Waals surface area contributed by atoms with Crippen LogP contribution in [0.2, 0.25) is 5.02 Å². The Bertz CT molecular complexity index is 1040. The first kappa shape index (κ1) is 22.4. The molecule has 2 heterocycles. The fourth-order valence-electron chi connectivity index (χ4n) is 3.56. The first-order valence-corrected chi connectivity index (χ1v) is 13.0. The van der Waals surface area contributed by atoms with Gasteiger partial charge in [0, 0.05) is 48.9 Å². The largest absolute Gasteiger partial charge is 0.379 e. The highest BCUT2D eigenvalue weighted by Gasteiger charge is 2.26. The molecule has 1 amide bonds. The number of nitrogens with one attached hydrogen (secondary N) is 1. The van der Waals surface area contributed by atoms with Crippen LogP contribution >= 0.6 is 23.4 Å². The van der Waals surface area contributed by atoms with Gasteiger partial charge in [-0.05, 0) is 42.5 Å². The third-order valence-electron chi connectivity index (χ3n) is 5.28. The average Bonchev–Trinajstić information content (AvgIpc) is 2.80. The first-order valence-electron chi connectivity index (χ1n) is 10.1. The summed E-state index contributed by atoms with van der Waals surface area (Å²) >= 11 is 8.39. The minimum Gasteiger partial charge on any atom is -0.379 e. The van der Waals surface area contributed by atoms with Crippen LogP contribution in [0.5, 0.6) is 0 Å². The summed E-state index contributed by atoms with van der Waals surface area (Å²) in [6.45, 7) is 3.34. The molecule has 0 radical (unpaired) electrons. The van der Waals surface area contributed by atoms with Crippen molar-refractivity contribution >= 4 is 50.7 Å². The van der Waals surface area contributed by atoms with Gasteiger partial charge in [0.2, 0.25) is 10.0 Å². The molecule has 10 heteroatoms. The number of benzene rings is 2. The highest BCUT2D eigenvalue weighted by molar-refractivity contribution is 7.99. The predicted molar refractivity (Wildman–Crippen MR) is 125 cm³/mol. The maximum absolute atomic E-state index is 12.7. The number of amides is 1. The number of anilines is 2. The number of morpholine rings is 1. The van der Waals surface area contributed by atoms with Crippen LogP contribution in [0.3, 0.4) is 0 Å². The lowest BCUT2D eigenvalue weighted by atomic mass is 10.2. The van der Waals surface area contributed by atoms with E-state index in [4.69, 9.17) is 16.3 Å². The van der Waals surface area contributed by atoms with E-state index < -0.39 is 10.0 Å². The number of carbonyl (C=O) groups excluding carboxylic acids is 1. The summed E-state index contributed by atoms with van der Waals surface area (Å²) in [5.41, 5.74) is 1.93. The zero-order chi connectivity index (χ0) is 21.8. The molecule has 2 aromatic carbocycles. The SMILES string of the molecule is O=C(Nc1ccc(N2CCSCC2)c(Cl)c1)c1ccc(S(=O)(=O)N2CCOCC2)cc1. The van der Waals surface area contributed by atoms with E-state index in [-0.39, 0.29) is 10.8 Å². The van der Waals surface area contributed by atoms with Crippen molar-refractivity contribution in [3.05, 3.63) is 53.1 Å². The maximum Gasteiger partial charge on any atom is 0.255 e. The first-order chi connectivity index (χ1) is 14.9. The highest BCUT2D eigenvalue weighted by Crippen LogP contribution is 2.30. The van der Waals surface area contributed by atoms with Crippen molar-refractivity contribution < 1.29 is 17.9 Å². The second kappa shape index (κ2) is 9.79. The van der Waals surface area contributed by atoms with Crippen LogP contribution in [-0.4, -0.2) is 69.5 Å². The van der Waals surface area contributed by atoms with Crippen LogP contribution in [0.4, 0.5) is 11.4 Å². The quantitative estimate of drug-likeness (QED) is 0.706. The van der Waals surface area contributed by atoms with Gasteiger partial charge in [-0.1, -0.05) is 11.6 Å². The monoisotopic (exact) mass is 481 g/mol. The summed E-state index contributed by atoms with van der Waals surface area (Å²) in [5.74, 6) is 1.83. The van der Waals surface area contributed by atoms with Crippen molar-refractivity contribution in [2.24, 2.45) is 0 Å². The normalized spacial score (nSPS) is 18.0. The lowest BCUT2D eigenvalue weighted by Crippen LogP contribution is -2.40. The molecule has 0 atom stereocenters. The Kier molecular flexibility index (Phi) is 7.08. The van der Waals surface area contributed by atoms with Gasteiger partial charge in [-0.15, -0.1) is 0 Å². The molecule has 7 nitrogen and oxygen atoms in total. The van der Waals surface area contributed by atoms with Gasteiger partial charge in [-0.25, -0.2) is 8.42 Å². The molecule has 2 saturated heterocycles. The smallest absolute Gasteiger partial charge is 0.255 e. The van der Waals surface area contributed by atoms with Crippen molar-refractivity contribution in [3.8, 4) is 0 Å². The lowest BCUT2D eigenvalue weighted by molar-refractivity contribution is 0.0730. The number of sulfonamides is 1. The molecule has 2 aliphatic heterocycles. The number of ether oxygens (including phenoxy) is 1. The fraction of sp³-hybridized carbons (Fsp3) is 0.381. The van der Waals surface area contributed by atoms with E-state index in [1.165, 1.54) is 28.6 Å². The Hall–Kier alpha value is -1.78. The molecule has 0 spiro atoms. The van der Waals surface area contributed by atoms with Crippen LogP contribution in [0.15, 0.2) is 47.4 Å². The van der Waals surface area contributed by atoms with Crippen LogP contribution < -0.4 is 10.2 Å². The summed E-state index contributed by atoms with van der Waals surface area (Å²) in [4.78, 5) is 15.0. The van der Waals surface area contributed by atoms with Crippen LogP contribution in [-0.2, 0) is 14.8 Å². The fourth-order valence-corrected chi connectivity index (χ4v) is 6.17. The van der Waals surface area contributed by atoms with E-state index in [9.17, 15) is 13.2 Å². The number of nitrogens with zero attached hydrogens (tertiary/aromatic N) is 2. The van der Waals surface area contributed by atoms with Crippen LogP contribution in [0, 0.1) is 0 Å². The Labute approximate surface area is 191 Å². The van der Waals surface area contributed by atoms with E-state index in [0.717, 1.165) is 30.3 Å². The highest BCUT2D eigenvalue weighted by atomic mass is 35.5. The van der Waals surface area contributed by atoms with Crippen molar-refractivity contribution in [1.29, 1.82) is 0 Å². The van der Waals surface area contributed by atoms with Gasteiger partial charge in [-0.2, -0.15) is 16.1 Å². The molecule has 0 aliphatic carbocycles.